The first-order valence-corrected chi connectivity index (χ1v) is 5.51. The number of methoxy groups -OCH3 is 1. The van der Waals surface area contributed by atoms with Crippen LogP contribution in [0.3, 0.4) is 0 Å². The zero-order valence-electron chi connectivity index (χ0n) is 10.4. The van der Waals surface area contributed by atoms with Crippen molar-refractivity contribution in [3.8, 4) is 0 Å². The van der Waals surface area contributed by atoms with E-state index in [2.05, 4.69) is 10.6 Å². The molecule has 0 aliphatic heterocycles. The van der Waals surface area contributed by atoms with Gasteiger partial charge in [0.25, 0.3) is 0 Å². The van der Waals surface area contributed by atoms with E-state index in [1.807, 2.05) is 0 Å². The number of aliphatic hydroxyl groups excluding tert-OH is 1. The summed E-state index contributed by atoms with van der Waals surface area (Å²) in [5.41, 5.74) is 1.15. The third-order valence-corrected chi connectivity index (χ3v) is 2.29. The second kappa shape index (κ2) is 6.93. The van der Waals surface area contributed by atoms with E-state index in [1.54, 1.807) is 6.92 Å². The summed E-state index contributed by atoms with van der Waals surface area (Å²) in [6, 6.07) is 3.62. The first kappa shape index (κ1) is 14.4. The molecule has 0 aromatic heterocycles. The van der Waals surface area contributed by atoms with Gasteiger partial charge in [-0.15, -0.1) is 0 Å². The third kappa shape index (κ3) is 4.68. The van der Waals surface area contributed by atoms with Crippen LogP contribution in [0.2, 0.25) is 0 Å². The van der Waals surface area contributed by atoms with Crippen molar-refractivity contribution in [2.45, 2.75) is 13.0 Å². The Hall–Kier alpha value is -1.66. The summed E-state index contributed by atoms with van der Waals surface area (Å²) in [4.78, 5) is 11.5. The van der Waals surface area contributed by atoms with Crippen LogP contribution < -0.4 is 10.6 Å². The van der Waals surface area contributed by atoms with Crippen LogP contribution in [-0.2, 0) is 4.74 Å². The second-order valence-electron chi connectivity index (χ2n) is 3.90. The lowest BCUT2D eigenvalue weighted by atomic mass is 10.2. The van der Waals surface area contributed by atoms with E-state index in [4.69, 9.17) is 4.74 Å². The second-order valence-corrected chi connectivity index (χ2v) is 3.90. The molecule has 0 fully saturated rings. The number of ether oxygens (including phenoxy) is 1. The molecular formula is C12H17FN2O3. The molecule has 5 nitrogen and oxygen atoms in total. The molecule has 0 bridgehead atoms. The highest BCUT2D eigenvalue weighted by Gasteiger charge is 2.08. The Balaban J connectivity index is 2.44. The van der Waals surface area contributed by atoms with Gasteiger partial charge in [-0.3, -0.25) is 0 Å². The lowest BCUT2D eigenvalue weighted by Gasteiger charge is -2.12. The van der Waals surface area contributed by atoms with Crippen molar-refractivity contribution in [3.05, 3.63) is 29.6 Å². The van der Waals surface area contributed by atoms with E-state index in [9.17, 15) is 14.3 Å². The lowest BCUT2D eigenvalue weighted by molar-refractivity contribution is 0.0663. The maximum absolute atomic E-state index is 12.8. The van der Waals surface area contributed by atoms with Gasteiger partial charge in [-0.2, -0.15) is 0 Å². The van der Waals surface area contributed by atoms with Gasteiger partial charge in [0.1, 0.15) is 5.82 Å². The molecule has 6 heteroatoms. The van der Waals surface area contributed by atoms with Crippen molar-refractivity contribution < 1.29 is 19.0 Å². The highest BCUT2D eigenvalue weighted by molar-refractivity contribution is 5.90. The summed E-state index contributed by atoms with van der Waals surface area (Å²) < 4.78 is 17.6. The molecule has 0 heterocycles. The standard InChI is InChI=1S/C12H17FN2O3/c1-8-5-9(13)3-4-11(8)15-12(17)14-6-10(16)7-18-2/h3-5,10,16H,6-7H2,1-2H3,(H2,14,15,17). The van der Waals surface area contributed by atoms with Gasteiger partial charge >= 0.3 is 6.03 Å². The van der Waals surface area contributed by atoms with E-state index in [0.29, 0.717) is 11.3 Å². The Kier molecular flexibility index (Phi) is 5.54. The summed E-state index contributed by atoms with van der Waals surface area (Å²) in [6.07, 6.45) is -0.755. The van der Waals surface area contributed by atoms with Gasteiger partial charge in [-0.05, 0) is 30.7 Å². The zero-order chi connectivity index (χ0) is 13.5. The molecule has 0 saturated heterocycles. The molecular weight excluding hydrogens is 239 g/mol. The number of aryl methyl sites for hydroxylation is 1. The first-order valence-electron chi connectivity index (χ1n) is 5.51. The topological polar surface area (TPSA) is 70.6 Å². The summed E-state index contributed by atoms with van der Waals surface area (Å²) >= 11 is 0. The maximum Gasteiger partial charge on any atom is 0.319 e. The summed E-state index contributed by atoms with van der Waals surface area (Å²) in [7, 11) is 1.46. The van der Waals surface area contributed by atoms with Gasteiger partial charge in [0, 0.05) is 19.3 Å². The number of amides is 2. The van der Waals surface area contributed by atoms with Crippen LogP contribution in [0.5, 0.6) is 0 Å². The van der Waals surface area contributed by atoms with E-state index >= 15 is 0 Å². The number of carbonyl (C=O) groups excluding carboxylic acids is 1. The summed E-state index contributed by atoms with van der Waals surface area (Å²) in [5, 5.41) is 14.4. The number of anilines is 1. The molecule has 0 saturated carbocycles. The summed E-state index contributed by atoms with van der Waals surface area (Å²) in [5.74, 6) is -0.353. The number of hydrogen-bond donors (Lipinski definition) is 3. The largest absolute Gasteiger partial charge is 0.389 e. The van der Waals surface area contributed by atoms with Gasteiger partial charge in [-0.25, -0.2) is 9.18 Å². The highest BCUT2D eigenvalue weighted by Crippen LogP contribution is 2.15. The van der Waals surface area contributed by atoms with Gasteiger partial charge in [0.05, 0.1) is 12.7 Å². The molecule has 1 aromatic rings. The third-order valence-electron chi connectivity index (χ3n) is 2.29. The molecule has 0 radical (unpaired) electrons. The smallest absolute Gasteiger partial charge is 0.319 e. The van der Waals surface area contributed by atoms with Gasteiger partial charge in [0.15, 0.2) is 0 Å². The van der Waals surface area contributed by atoms with Gasteiger partial charge in [-0.1, -0.05) is 0 Å². The molecule has 0 aliphatic carbocycles. The first-order chi connectivity index (χ1) is 8.52. The lowest BCUT2D eigenvalue weighted by Crippen LogP contribution is -2.37. The number of nitrogens with one attached hydrogen (secondary N) is 2. The van der Waals surface area contributed by atoms with Gasteiger partial charge in [0.2, 0.25) is 0 Å². The number of aliphatic hydroxyl groups is 1. The highest BCUT2D eigenvalue weighted by atomic mass is 19.1. The van der Waals surface area contributed by atoms with Crippen molar-refractivity contribution >= 4 is 11.7 Å². The molecule has 1 atom stereocenters. The molecule has 1 aromatic carbocycles. The number of urea groups is 1. The van der Waals surface area contributed by atoms with Crippen molar-refractivity contribution in [1.29, 1.82) is 0 Å². The number of rotatable bonds is 5. The van der Waals surface area contributed by atoms with Crippen LogP contribution >= 0.6 is 0 Å². The number of benzene rings is 1. The molecule has 1 rings (SSSR count). The molecule has 3 N–H and O–H groups in total. The Labute approximate surface area is 105 Å². The van der Waals surface area contributed by atoms with Crippen LogP contribution in [0.4, 0.5) is 14.9 Å². The number of halogens is 1. The molecule has 0 spiro atoms. The predicted octanol–water partition coefficient (Wildman–Crippen LogP) is 1.26. The Morgan fingerprint density at radius 1 is 1.56 bits per heavy atom. The van der Waals surface area contributed by atoms with E-state index in [0.717, 1.165) is 0 Å². The average molecular weight is 256 g/mol. The average Bonchev–Trinajstić information content (AvgIpc) is 2.31. The fourth-order valence-corrected chi connectivity index (χ4v) is 1.40. The summed E-state index contributed by atoms with van der Waals surface area (Å²) in [6.45, 7) is 1.92. The fourth-order valence-electron chi connectivity index (χ4n) is 1.40. The molecule has 1 unspecified atom stereocenters. The predicted molar refractivity (Wildman–Crippen MR) is 66.0 cm³/mol. The maximum atomic E-state index is 12.8. The van der Waals surface area contributed by atoms with Crippen LogP contribution in [-0.4, -0.2) is 37.5 Å². The van der Waals surface area contributed by atoms with Gasteiger partial charge < -0.3 is 20.5 Å². The van der Waals surface area contributed by atoms with Crippen LogP contribution in [0.15, 0.2) is 18.2 Å². The number of hydrogen-bond acceptors (Lipinski definition) is 3. The van der Waals surface area contributed by atoms with Crippen molar-refractivity contribution in [2.75, 3.05) is 25.6 Å². The van der Waals surface area contributed by atoms with Crippen molar-refractivity contribution in [2.24, 2.45) is 0 Å². The minimum Gasteiger partial charge on any atom is -0.389 e. The Morgan fingerprint density at radius 3 is 2.89 bits per heavy atom. The fraction of sp³-hybridized carbons (Fsp3) is 0.417. The SMILES string of the molecule is COCC(O)CNC(=O)Nc1ccc(F)cc1C. The van der Waals surface area contributed by atoms with Crippen molar-refractivity contribution in [3.63, 3.8) is 0 Å². The Morgan fingerprint density at radius 2 is 2.28 bits per heavy atom. The van der Waals surface area contributed by atoms with E-state index in [1.165, 1.54) is 25.3 Å². The van der Waals surface area contributed by atoms with Crippen LogP contribution in [0.25, 0.3) is 0 Å². The zero-order valence-corrected chi connectivity index (χ0v) is 10.4. The normalized spacial score (nSPS) is 12.0. The molecule has 0 aliphatic rings. The monoisotopic (exact) mass is 256 g/mol. The molecule has 100 valence electrons. The van der Waals surface area contributed by atoms with E-state index in [-0.39, 0.29) is 19.0 Å². The quantitative estimate of drug-likeness (QED) is 0.743. The molecule has 2 amide bonds. The minimum absolute atomic E-state index is 0.0832. The van der Waals surface area contributed by atoms with E-state index < -0.39 is 12.1 Å². The van der Waals surface area contributed by atoms with Crippen LogP contribution in [0, 0.1) is 12.7 Å². The van der Waals surface area contributed by atoms with Crippen molar-refractivity contribution in [1.82, 2.24) is 5.32 Å². The Bertz CT molecular complexity index is 412. The minimum atomic E-state index is -0.755. The molecule has 18 heavy (non-hydrogen) atoms. The number of carbonyl (C=O) groups is 1. The van der Waals surface area contributed by atoms with Crippen LogP contribution in [0.1, 0.15) is 5.56 Å².